The zero-order valence-electron chi connectivity index (χ0n) is 13.7. The van der Waals surface area contributed by atoms with Crippen LogP contribution in [-0.2, 0) is 16.0 Å². The zero-order valence-corrected chi connectivity index (χ0v) is 14.6. The van der Waals surface area contributed by atoms with E-state index >= 15 is 0 Å². The first kappa shape index (κ1) is 17.7. The normalized spacial score (nSPS) is 10.6. The molecule has 0 radical (unpaired) electrons. The fourth-order valence-corrected chi connectivity index (χ4v) is 2.64. The predicted molar refractivity (Wildman–Crippen MR) is 93.2 cm³/mol. The van der Waals surface area contributed by atoms with Gasteiger partial charge in [-0.25, -0.2) is 4.98 Å². The number of esters is 1. The van der Waals surface area contributed by atoms with E-state index in [1.807, 2.05) is 12.1 Å². The van der Waals surface area contributed by atoms with Crippen molar-refractivity contribution < 1.29 is 19.0 Å². The lowest BCUT2D eigenvalue weighted by molar-refractivity contribution is -0.142. The number of hydrogen-bond acceptors (Lipinski definition) is 8. The molecule has 7 nitrogen and oxygen atoms in total. The second-order valence-corrected chi connectivity index (χ2v) is 5.71. The number of nitrogens with one attached hydrogen (secondary N) is 1. The Morgan fingerprint density at radius 3 is 2.92 bits per heavy atom. The summed E-state index contributed by atoms with van der Waals surface area (Å²) in [5.41, 5.74) is 3.61. The van der Waals surface area contributed by atoms with E-state index in [4.69, 9.17) is 14.2 Å². The summed E-state index contributed by atoms with van der Waals surface area (Å²) in [5, 5.41) is 4.74. The van der Waals surface area contributed by atoms with E-state index in [0.29, 0.717) is 23.2 Å². The van der Waals surface area contributed by atoms with Crippen molar-refractivity contribution in [2.24, 2.45) is 5.10 Å². The largest absolute Gasteiger partial charge is 0.497 e. The number of nitrogens with zero attached hydrogens (tertiary/aromatic N) is 2. The fourth-order valence-electron chi connectivity index (χ4n) is 1.89. The van der Waals surface area contributed by atoms with Gasteiger partial charge in [-0.2, -0.15) is 5.10 Å². The van der Waals surface area contributed by atoms with E-state index in [2.05, 4.69) is 15.5 Å². The van der Waals surface area contributed by atoms with Gasteiger partial charge >= 0.3 is 5.97 Å². The van der Waals surface area contributed by atoms with Gasteiger partial charge in [-0.1, -0.05) is 11.3 Å². The summed E-state index contributed by atoms with van der Waals surface area (Å²) in [7, 11) is 3.19. The van der Waals surface area contributed by atoms with Crippen LogP contribution in [-0.4, -0.2) is 38.0 Å². The average Bonchev–Trinajstić information content (AvgIpc) is 3.02. The molecule has 0 bridgehead atoms. The molecule has 0 spiro atoms. The highest BCUT2D eigenvalue weighted by atomic mass is 32.1. The Bertz CT molecular complexity index is 715. The fraction of sp³-hybridized carbons (Fsp3) is 0.312. The summed E-state index contributed by atoms with van der Waals surface area (Å²) < 4.78 is 15.4. The molecule has 2 aromatic rings. The lowest BCUT2D eigenvalue weighted by atomic mass is 10.2. The minimum atomic E-state index is -0.266. The highest BCUT2D eigenvalue weighted by Crippen LogP contribution is 2.23. The van der Waals surface area contributed by atoms with Gasteiger partial charge in [0.25, 0.3) is 0 Å². The number of methoxy groups -OCH3 is 2. The first-order valence-corrected chi connectivity index (χ1v) is 8.09. The van der Waals surface area contributed by atoms with Crippen LogP contribution in [0.15, 0.2) is 29.5 Å². The van der Waals surface area contributed by atoms with Crippen LogP contribution in [0.4, 0.5) is 5.13 Å². The summed E-state index contributed by atoms with van der Waals surface area (Å²) in [6, 6.07) is 5.44. The Balaban J connectivity index is 1.99. The van der Waals surface area contributed by atoms with Gasteiger partial charge in [-0.15, -0.1) is 0 Å². The lowest BCUT2D eigenvalue weighted by Crippen LogP contribution is -2.06. The van der Waals surface area contributed by atoms with Gasteiger partial charge in [0.2, 0.25) is 5.13 Å². The maximum atomic E-state index is 11.4. The van der Waals surface area contributed by atoms with Gasteiger partial charge in [-0.3, -0.25) is 10.2 Å². The van der Waals surface area contributed by atoms with Crippen molar-refractivity contribution in [2.75, 3.05) is 26.3 Å². The van der Waals surface area contributed by atoms with Crippen molar-refractivity contribution in [3.05, 3.63) is 34.8 Å². The average molecular weight is 349 g/mol. The minimum Gasteiger partial charge on any atom is -0.497 e. The number of carbonyl (C=O) groups is 1. The van der Waals surface area contributed by atoms with E-state index in [1.165, 1.54) is 11.3 Å². The van der Waals surface area contributed by atoms with Gasteiger partial charge in [0.15, 0.2) is 0 Å². The molecule has 0 saturated heterocycles. The number of carbonyl (C=O) groups excluding carboxylic acids is 1. The van der Waals surface area contributed by atoms with E-state index in [1.54, 1.807) is 39.6 Å². The number of rotatable bonds is 8. The van der Waals surface area contributed by atoms with Gasteiger partial charge < -0.3 is 14.2 Å². The molecule has 1 aromatic heterocycles. The third-order valence-electron chi connectivity index (χ3n) is 2.98. The van der Waals surface area contributed by atoms with Crippen LogP contribution >= 0.6 is 11.3 Å². The third kappa shape index (κ3) is 4.95. The van der Waals surface area contributed by atoms with Crippen LogP contribution in [0.2, 0.25) is 0 Å². The van der Waals surface area contributed by atoms with Crippen molar-refractivity contribution in [2.45, 2.75) is 13.3 Å². The highest BCUT2D eigenvalue weighted by Gasteiger charge is 2.08. The summed E-state index contributed by atoms with van der Waals surface area (Å²) in [6.45, 7) is 2.15. The molecule has 0 aliphatic carbocycles. The summed E-state index contributed by atoms with van der Waals surface area (Å²) in [6.07, 6.45) is 3.46. The van der Waals surface area contributed by atoms with E-state index in [0.717, 1.165) is 10.4 Å². The SMILES string of the molecule is CCOC(=O)Cc1cnc(N/N=C/c2cc(OC)ccc2OC)s1. The Morgan fingerprint density at radius 1 is 1.38 bits per heavy atom. The summed E-state index contributed by atoms with van der Waals surface area (Å²) in [4.78, 5) is 16.4. The van der Waals surface area contributed by atoms with E-state index in [9.17, 15) is 4.79 Å². The van der Waals surface area contributed by atoms with Crippen LogP contribution < -0.4 is 14.9 Å². The second kappa shape index (κ2) is 8.88. The molecule has 0 fully saturated rings. The van der Waals surface area contributed by atoms with Crippen LogP contribution in [0.3, 0.4) is 0 Å². The molecule has 8 heteroatoms. The molecule has 1 heterocycles. The van der Waals surface area contributed by atoms with E-state index in [-0.39, 0.29) is 12.4 Å². The van der Waals surface area contributed by atoms with Gasteiger partial charge in [0, 0.05) is 16.6 Å². The van der Waals surface area contributed by atoms with Crippen molar-refractivity contribution in [1.82, 2.24) is 4.98 Å². The molecular formula is C16H19N3O4S. The molecule has 0 aliphatic rings. The van der Waals surface area contributed by atoms with Gasteiger partial charge in [-0.05, 0) is 25.1 Å². The molecule has 1 N–H and O–H groups in total. The third-order valence-corrected chi connectivity index (χ3v) is 3.88. The molecule has 0 atom stereocenters. The van der Waals surface area contributed by atoms with Crippen molar-refractivity contribution in [3.63, 3.8) is 0 Å². The van der Waals surface area contributed by atoms with Crippen molar-refractivity contribution in [3.8, 4) is 11.5 Å². The number of benzene rings is 1. The molecule has 0 aliphatic heterocycles. The van der Waals surface area contributed by atoms with Crippen LogP contribution in [0.5, 0.6) is 11.5 Å². The second-order valence-electron chi connectivity index (χ2n) is 4.59. The number of ether oxygens (including phenoxy) is 3. The first-order valence-electron chi connectivity index (χ1n) is 7.27. The van der Waals surface area contributed by atoms with Gasteiger partial charge in [0.05, 0.1) is 33.5 Å². The van der Waals surface area contributed by atoms with Gasteiger partial charge in [0.1, 0.15) is 11.5 Å². The zero-order chi connectivity index (χ0) is 17.4. The van der Waals surface area contributed by atoms with E-state index < -0.39 is 0 Å². The number of anilines is 1. The Hall–Kier alpha value is -2.61. The Morgan fingerprint density at radius 2 is 2.21 bits per heavy atom. The molecule has 24 heavy (non-hydrogen) atoms. The number of aromatic nitrogens is 1. The summed E-state index contributed by atoms with van der Waals surface area (Å²) in [5.74, 6) is 1.13. The number of thiazole rings is 1. The monoisotopic (exact) mass is 349 g/mol. The first-order chi connectivity index (χ1) is 11.7. The topological polar surface area (TPSA) is 82.0 Å². The van der Waals surface area contributed by atoms with Crippen LogP contribution in [0, 0.1) is 0 Å². The molecule has 0 saturated carbocycles. The lowest BCUT2D eigenvalue weighted by Gasteiger charge is -2.06. The van der Waals surface area contributed by atoms with Crippen LogP contribution in [0.1, 0.15) is 17.4 Å². The number of hydrazone groups is 1. The molecule has 2 rings (SSSR count). The highest BCUT2D eigenvalue weighted by molar-refractivity contribution is 7.15. The molecular weight excluding hydrogens is 330 g/mol. The quantitative estimate of drug-likeness (QED) is 0.448. The maximum absolute atomic E-state index is 11.4. The van der Waals surface area contributed by atoms with Crippen molar-refractivity contribution >= 4 is 28.7 Å². The summed E-state index contributed by atoms with van der Waals surface area (Å²) >= 11 is 1.35. The maximum Gasteiger partial charge on any atom is 0.311 e. The predicted octanol–water partition coefficient (Wildman–Crippen LogP) is 2.71. The Labute approximate surface area is 144 Å². The minimum absolute atomic E-state index is 0.209. The molecule has 0 amide bonds. The van der Waals surface area contributed by atoms with Crippen LogP contribution in [0.25, 0.3) is 0 Å². The van der Waals surface area contributed by atoms with Crippen molar-refractivity contribution in [1.29, 1.82) is 0 Å². The molecule has 0 unspecified atom stereocenters. The molecule has 1 aromatic carbocycles. The number of hydrogen-bond donors (Lipinski definition) is 1. The smallest absolute Gasteiger partial charge is 0.311 e. The molecule has 128 valence electrons. The standard InChI is InChI=1S/C16H19N3O4S/c1-4-23-15(20)8-13-10-17-16(24-13)19-18-9-11-7-12(21-2)5-6-14(11)22-3/h5-7,9-10H,4,8H2,1-3H3,(H,17,19)/b18-9+. The Kier molecular flexibility index (Phi) is 6.56.